The topological polar surface area (TPSA) is 34.2 Å². The van der Waals surface area contributed by atoms with Crippen LogP contribution in [0.3, 0.4) is 0 Å². The van der Waals surface area contributed by atoms with Gasteiger partial charge in [0.05, 0.1) is 0 Å². The normalized spacial score (nSPS) is 16.6. The van der Waals surface area contributed by atoms with E-state index in [1.165, 1.54) is 27.6 Å². The molecule has 0 amide bonds. The average Bonchev–Trinajstić information content (AvgIpc) is 3.00. The molecule has 1 aromatic heterocycles. The van der Waals surface area contributed by atoms with Gasteiger partial charge in [-0.2, -0.15) is 0 Å². The van der Waals surface area contributed by atoms with Crippen LogP contribution in [0.4, 0.5) is 0 Å². The smallest absolute Gasteiger partial charge is 0.0486 e. The molecule has 0 saturated carbocycles. The first-order valence-electron chi connectivity index (χ1n) is 8.20. The molecule has 0 spiro atoms. The van der Waals surface area contributed by atoms with E-state index in [2.05, 4.69) is 48.7 Å². The second kappa shape index (κ2) is 5.82. The SMILES string of the molecule is CCC(N)CCc1cn(CC)c2cc3c(cc12)CN(C)C3. The van der Waals surface area contributed by atoms with E-state index in [4.69, 9.17) is 5.73 Å². The summed E-state index contributed by atoms with van der Waals surface area (Å²) in [4.78, 5) is 2.38. The molecular weight excluding hydrogens is 258 g/mol. The van der Waals surface area contributed by atoms with Crippen LogP contribution in [0.5, 0.6) is 0 Å². The lowest BCUT2D eigenvalue weighted by Crippen LogP contribution is -2.18. The van der Waals surface area contributed by atoms with E-state index in [1.807, 2.05) is 0 Å². The minimum absolute atomic E-state index is 0.325. The van der Waals surface area contributed by atoms with Crippen molar-refractivity contribution in [1.29, 1.82) is 0 Å². The number of rotatable bonds is 5. The molecule has 0 saturated heterocycles. The van der Waals surface area contributed by atoms with Crippen molar-refractivity contribution in [3.63, 3.8) is 0 Å². The third kappa shape index (κ3) is 2.72. The van der Waals surface area contributed by atoms with E-state index < -0.39 is 0 Å². The highest BCUT2D eigenvalue weighted by atomic mass is 15.1. The maximum Gasteiger partial charge on any atom is 0.0486 e. The largest absolute Gasteiger partial charge is 0.347 e. The summed E-state index contributed by atoms with van der Waals surface area (Å²) in [6, 6.07) is 5.15. The maximum absolute atomic E-state index is 6.10. The second-order valence-electron chi connectivity index (χ2n) is 6.46. The van der Waals surface area contributed by atoms with Gasteiger partial charge in [-0.05, 0) is 62.1 Å². The van der Waals surface area contributed by atoms with Crippen LogP contribution in [0.2, 0.25) is 0 Å². The number of hydrogen-bond donors (Lipinski definition) is 1. The molecule has 21 heavy (non-hydrogen) atoms. The molecule has 0 fully saturated rings. The van der Waals surface area contributed by atoms with Crippen LogP contribution in [-0.4, -0.2) is 22.6 Å². The van der Waals surface area contributed by atoms with Gasteiger partial charge in [-0.25, -0.2) is 0 Å². The van der Waals surface area contributed by atoms with Gasteiger partial charge < -0.3 is 10.3 Å². The zero-order valence-corrected chi connectivity index (χ0v) is 13.5. The number of hydrogen-bond acceptors (Lipinski definition) is 2. The molecule has 1 aromatic carbocycles. The molecule has 1 aliphatic heterocycles. The number of aryl methyl sites for hydroxylation is 2. The summed E-state index contributed by atoms with van der Waals surface area (Å²) in [5.41, 5.74) is 12.0. The molecule has 3 nitrogen and oxygen atoms in total. The summed E-state index contributed by atoms with van der Waals surface area (Å²) in [6.07, 6.45) is 5.57. The first-order valence-corrected chi connectivity index (χ1v) is 8.20. The summed E-state index contributed by atoms with van der Waals surface area (Å²) in [5, 5.41) is 1.44. The standard InChI is InChI=1S/C18H27N3/c1-4-16(19)7-6-13-12-21(5-2)18-9-15-11-20(3)10-14(15)8-17(13)18/h8-9,12,16H,4-7,10-11,19H2,1-3H3. The Morgan fingerprint density at radius 3 is 2.57 bits per heavy atom. The third-order valence-corrected chi connectivity index (χ3v) is 4.82. The minimum Gasteiger partial charge on any atom is -0.347 e. The van der Waals surface area contributed by atoms with E-state index in [-0.39, 0.29) is 0 Å². The lowest BCUT2D eigenvalue weighted by atomic mass is 10.0. The van der Waals surface area contributed by atoms with Crippen LogP contribution in [0.15, 0.2) is 18.3 Å². The highest BCUT2D eigenvalue weighted by Crippen LogP contribution is 2.31. The average molecular weight is 285 g/mol. The van der Waals surface area contributed by atoms with E-state index in [0.717, 1.165) is 38.9 Å². The molecule has 0 radical (unpaired) electrons. The summed E-state index contributed by atoms with van der Waals surface area (Å²) in [7, 11) is 2.19. The van der Waals surface area contributed by atoms with Crippen LogP contribution < -0.4 is 5.73 Å². The zero-order valence-electron chi connectivity index (χ0n) is 13.5. The molecule has 3 heteroatoms. The van der Waals surface area contributed by atoms with Crippen molar-refractivity contribution in [2.24, 2.45) is 5.73 Å². The zero-order chi connectivity index (χ0) is 15.0. The Morgan fingerprint density at radius 1 is 1.19 bits per heavy atom. The van der Waals surface area contributed by atoms with Crippen molar-refractivity contribution in [2.75, 3.05) is 7.05 Å². The van der Waals surface area contributed by atoms with Gasteiger partial charge in [0.15, 0.2) is 0 Å². The van der Waals surface area contributed by atoms with Gasteiger partial charge in [0.2, 0.25) is 0 Å². The fourth-order valence-corrected chi connectivity index (χ4v) is 3.44. The number of aromatic nitrogens is 1. The summed E-state index contributed by atoms with van der Waals surface area (Å²) >= 11 is 0. The third-order valence-electron chi connectivity index (χ3n) is 4.82. The van der Waals surface area contributed by atoms with Gasteiger partial charge in [0, 0.05) is 42.8 Å². The predicted molar refractivity (Wildman–Crippen MR) is 89.4 cm³/mol. The van der Waals surface area contributed by atoms with Crippen molar-refractivity contribution in [2.45, 2.75) is 58.8 Å². The van der Waals surface area contributed by atoms with Crippen LogP contribution in [0.1, 0.15) is 43.4 Å². The number of nitrogens with zero attached hydrogens (tertiary/aromatic N) is 2. The number of benzene rings is 1. The van der Waals surface area contributed by atoms with Crippen LogP contribution in [0, 0.1) is 0 Å². The van der Waals surface area contributed by atoms with Gasteiger partial charge in [-0.15, -0.1) is 0 Å². The van der Waals surface area contributed by atoms with Crippen molar-refractivity contribution < 1.29 is 0 Å². The Bertz CT molecular complexity index is 641. The molecule has 2 heterocycles. The first kappa shape index (κ1) is 14.6. The summed E-state index contributed by atoms with van der Waals surface area (Å²) in [5.74, 6) is 0. The lowest BCUT2D eigenvalue weighted by Gasteiger charge is -2.07. The highest BCUT2D eigenvalue weighted by molar-refractivity contribution is 5.86. The van der Waals surface area contributed by atoms with Gasteiger partial charge in [-0.1, -0.05) is 6.92 Å². The fraction of sp³-hybridized carbons (Fsp3) is 0.556. The molecule has 1 unspecified atom stereocenters. The van der Waals surface area contributed by atoms with Crippen LogP contribution in [0.25, 0.3) is 10.9 Å². The monoisotopic (exact) mass is 285 g/mol. The van der Waals surface area contributed by atoms with E-state index in [1.54, 1.807) is 0 Å². The van der Waals surface area contributed by atoms with E-state index in [9.17, 15) is 0 Å². The quantitative estimate of drug-likeness (QED) is 0.915. The second-order valence-corrected chi connectivity index (χ2v) is 6.46. The first-order chi connectivity index (χ1) is 10.1. The summed E-state index contributed by atoms with van der Waals surface area (Å²) < 4.78 is 2.39. The van der Waals surface area contributed by atoms with Crippen molar-refractivity contribution in [3.8, 4) is 0 Å². The van der Waals surface area contributed by atoms with Crippen LogP contribution >= 0.6 is 0 Å². The molecule has 114 valence electrons. The van der Waals surface area contributed by atoms with E-state index >= 15 is 0 Å². The van der Waals surface area contributed by atoms with Crippen molar-refractivity contribution in [3.05, 3.63) is 35.0 Å². The van der Waals surface area contributed by atoms with Crippen LogP contribution in [-0.2, 0) is 26.1 Å². The molecule has 2 N–H and O–H groups in total. The van der Waals surface area contributed by atoms with Crippen molar-refractivity contribution >= 4 is 10.9 Å². The Balaban J connectivity index is 1.99. The molecule has 1 aliphatic rings. The lowest BCUT2D eigenvalue weighted by molar-refractivity contribution is 0.353. The molecule has 3 rings (SSSR count). The number of nitrogens with two attached hydrogens (primary N) is 1. The Labute approximate surface area is 127 Å². The Kier molecular flexibility index (Phi) is 4.05. The predicted octanol–water partition coefficient (Wildman–Crippen LogP) is 3.28. The van der Waals surface area contributed by atoms with Gasteiger partial charge >= 0.3 is 0 Å². The minimum atomic E-state index is 0.325. The van der Waals surface area contributed by atoms with Gasteiger partial charge in [0.1, 0.15) is 0 Å². The molecule has 0 aliphatic carbocycles. The van der Waals surface area contributed by atoms with Crippen molar-refractivity contribution in [1.82, 2.24) is 9.47 Å². The molecule has 0 bridgehead atoms. The Hall–Kier alpha value is -1.32. The van der Waals surface area contributed by atoms with Gasteiger partial charge in [0.25, 0.3) is 0 Å². The highest BCUT2D eigenvalue weighted by Gasteiger charge is 2.19. The number of fused-ring (bicyclic) bond motifs is 2. The maximum atomic E-state index is 6.10. The molecule has 2 aromatic rings. The molecule has 1 atom stereocenters. The van der Waals surface area contributed by atoms with Gasteiger partial charge in [-0.3, -0.25) is 4.90 Å². The fourth-order valence-electron chi connectivity index (χ4n) is 3.44. The Morgan fingerprint density at radius 2 is 1.90 bits per heavy atom. The summed E-state index contributed by atoms with van der Waals surface area (Å²) in [6.45, 7) is 7.58. The van der Waals surface area contributed by atoms with E-state index in [0.29, 0.717) is 6.04 Å². The molecular formula is C18H27N3.